The minimum Gasteiger partial charge on any atom is -0.360 e. The first-order chi connectivity index (χ1) is 14.4. The van der Waals surface area contributed by atoms with Gasteiger partial charge in [0, 0.05) is 50.8 Å². The van der Waals surface area contributed by atoms with Crippen LogP contribution in [0, 0.1) is 19.8 Å². The zero-order valence-electron chi connectivity index (χ0n) is 17.3. The summed E-state index contributed by atoms with van der Waals surface area (Å²) in [5.74, 6) is 0.0193. The van der Waals surface area contributed by atoms with Gasteiger partial charge < -0.3 is 14.3 Å². The Balaban J connectivity index is 1.43. The van der Waals surface area contributed by atoms with E-state index in [0.717, 1.165) is 24.6 Å². The van der Waals surface area contributed by atoms with Gasteiger partial charge in [-0.3, -0.25) is 4.79 Å². The van der Waals surface area contributed by atoms with Crippen molar-refractivity contribution < 1.29 is 17.7 Å². The third-order valence-electron chi connectivity index (χ3n) is 5.80. The van der Waals surface area contributed by atoms with E-state index in [1.165, 1.54) is 4.31 Å². The molecule has 1 atom stereocenters. The van der Waals surface area contributed by atoms with Crippen LogP contribution in [0.1, 0.15) is 30.7 Å². The number of carbonyl (C=O) groups is 1. The topological polar surface area (TPSA) is 99.8 Å². The van der Waals surface area contributed by atoms with Gasteiger partial charge in [-0.05, 0) is 33.1 Å². The molecule has 164 valence electrons. The lowest BCUT2D eigenvalue weighted by Crippen LogP contribution is -2.47. The second-order valence-electron chi connectivity index (χ2n) is 7.84. The van der Waals surface area contributed by atoms with E-state index in [0.29, 0.717) is 38.2 Å². The summed E-state index contributed by atoms with van der Waals surface area (Å²) in [4.78, 5) is 21.8. The molecule has 2 saturated heterocycles. The fraction of sp³-hybridized carbons (Fsp3) is 0.632. The Labute approximate surface area is 180 Å². The van der Waals surface area contributed by atoms with Crippen molar-refractivity contribution in [3.8, 4) is 0 Å². The molecule has 11 heteroatoms. The van der Waals surface area contributed by atoms with Crippen LogP contribution in [0.25, 0.3) is 0 Å². The Kier molecular flexibility index (Phi) is 6.12. The summed E-state index contributed by atoms with van der Waals surface area (Å²) < 4.78 is 32.8. The van der Waals surface area contributed by atoms with Crippen molar-refractivity contribution in [1.29, 1.82) is 0 Å². The number of aryl methyl sites for hydroxylation is 2. The maximum absolute atomic E-state index is 13.2. The van der Waals surface area contributed by atoms with E-state index < -0.39 is 10.0 Å². The third-order valence-corrected chi connectivity index (χ3v) is 8.74. The predicted octanol–water partition coefficient (Wildman–Crippen LogP) is 1.89. The van der Waals surface area contributed by atoms with Crippen LogP contribution in [0.15, 0.2) is 21.0 Å². The third kappa shape index (κ3) is 4.10. The molecule has 30 heavy (non-hydrogen) atoms. The highest BCUT2D eigenvalue weighted by Gasteiger charge is 2.38. The molecule has 0 aliphatic carbocycles. The summed E-state index contributed by atoms with van der Waals surface area (Å²) in [6, 6.07) is 0. The zero-order valence-corrected chi connectivity index (χ0v) is 18.9. The summed E-state index contributed by atoms with van der Waals surface area (Å²) in [7, 11) is -3.73. The smallest absolute Gasteiger partial charge is 0.248 e. The van der Waals surface area contributed by atoms with Crippen molar-refractivity contribution in [3.05, 3.63) is 23.0 Å². The summed E-state index contributed by atoms with van der Waals surface area (Å²) in [5.41, 5.74) is 0.357. The molecule has 0 aromatic carbocycles. The Bertz CT molecular complexity index is 969. The highest BCUT2D eigenvalue weighted by Crippen LogP contribution is 2.29. The van der Waals surface area contributed by atoms with E-state index >= 15 is 0 Å². The Morgan fingerprint density at radius 3 is 2.70 bits per heavy atom. The average Bonchev–Trinajstić information content (AvgIpc) is 3.31. The molecule has 0 radical (unpaired) electrons. The number of anilines is 1. The Morgan fingerprint density at radius 1 is 1.17 bits per heavy atom. The van der Waals surface area contributed by atoms with Crippen molar-refractivity contribution >= 4 is 32.4 Å². The average molecular weight is 454 g/mol. The van der Waals surface area contributed by atoms with Crippen LogP contribution in [-0.4, -0.2) is 72.9 Å². The molecular weight excluding hydrogens is 426 g/mol. The number of amides is 1. The van der Waals surface area contributed by atoms with E-state index in [-0.39, 0.29) is 29.0 Å². The number of hydrogen-bond acceptors (Lipinski definition) is 8. The van der Waals surface area contributed by atoms with Gasteiger partial charge in [-0.1, -0.05) is 5.16 Å². The molecule has 2 aliphatic rings. The molecule has 2 aromatic heterocycles. The summed E-state index contributed by atoms with van der Waals surface area (Å²) in [6.45, 7) is 6.78. The maximum atomic E-state index is 13.2. The second-order valence-corrected chi connectivity index (χ2v) is 10.6. The molecule has 1 unspecified atom stereocenters. The summed E-state index contributed by atoms with van der Waals surface area (Å²) in [5, 5.41) is 6.72. The molecule has 4 heterocycles. The van der Waals surface area contributed by atoms with Crippen LogP contribution in [0.4, 0.5) is 5.13 Å². The summed E-state index contributed by atoms with van der Waals surface area (Å²) in [6.07, 6.45) is 4.04. The molecule has 9 nitrogen and oxygen atoms in total. The van der Waals surface area contributed by atoms with Gasteiger partial charge in [0.2, 0.25) is 15.9 Å². The SMILES string of the molecule is Cc1noc(C)c1S(=O)(=O)N1CCCC(C(=O)N2CCCN(c3nccs3)CC2)C1. The minimum absolute atomic E-state index is 0.0506. The van der Waals surface area contributed by atoms with Gasteiger partial charge >= 0.3 is 0 Å². The van der Waals surface area contributed by atoms with Crippen LogP contribution >= 0.6 is 11.3 Å². The lowest BCUT2D eigenvalue weighted by atomic mass is 9.98. The van der Waals surface area contributed by atoms with Crippen LogP contribution < -0.4 is 4.90 Å². The first kappa shape index (κ1) is 21.3. The Morgan fingerprint density at radius 2 is 2.00 bits per heavy atom. The maximum Gasteiger partial charge on any atom is 0.248 e. The number of thiazole rings is 1. The number of piperidine rings is 1. The molecule has 0 spiro atoms. The van der Waals surface area contributed by atoms with Crippen LogP contribution in [0.3, 0.4) is 0 Å². The fourth-order valence-electron chi connectivity index (χ4n) is 4.29. The van der Waals surface area contributed by atoms with Gasteiger partial charge in [-0.25, -0.2) is 13.4 Å². The van der Waals surface area contributed by atoms with Gasteiger partial charge in [0.15, 0.2) is 10.9 Å². The van der Waals surface area contributed by atoms with Crippen molar-refractivity contribution in [2.45, 2.75) is 38.0 Å². The van der Waals surface area contributed by atoms with E-state index in [2.05, 4.69) is 15.0 Å². The molecule has 2 aromatic rings. The highest BCUT2D eigenvalue weighted by atomic mass is 32.2. The predicted molar refractivity (Wildman–Crippen MR) is 113 cm³/mol. The molecule has 2 aliphatic heterocycles. The molecule has 0 saturated carbocycles. The van der Waals surface area contributed by atoms with Crippen molar-refractivity contribution in [3.63, 3.8) is 0 Å². The fourth-order valence-corrected chi connectivity index (χ4v) is 6.81. The molecule has 0 bridgehead atoms. The molecule has 2 fully saturated rings. The molecule has 1 amide bonds. The van der Waals surface area contributed by atoms with Gasteiger partial charge in [-0.2, -0.15) is 4.31 Å². The van der Waals surface area contributed by atoms with Crippen LogP contribution in [-0.2, 0) is 14.8 Å². The number of sulfonamides is 1. The van der Waals surface area contributed by atoms with E-state index in [1.807, 2.05) is 10.3 Å². The molecule has 4 rings (SSSR count). The number of aromatic nitrogens is 2. The number of carbonyl (C=O) groups excluding carboxylic acids is 1. The Hall–Kier alpha value is -1.98. The van der Waals surface area contributed by atoms with Gasteiger partial charge in [0.25, 0.3) is 0 Å². The number of nitrogens with zero attached hydrogens (tertiary/aromatic N) is 5. The molecular formula is C19H27N5O4S2. The number of rotatable bonds is 4. The lowest BCUT2D eigenvalue weighted by Gasteiger charge is -2.34. The van der Waals surface area contributed by atoms with Crippen LogP contribution in [0.5, 0.6) is 0 Å². The highest BCUT2D eigenvalue weighted by molar-refractivity contribution is 7.89. The van der Waals surface area contributed by atoms with E-state index in [4.69, 9.17) is 4.52 Å². The zero-order chi connectivity index (χ0) is 21.3. The normalized spacial score (nSPS) is 21.6. The quantitative estimate of drug-likeness (QED) is 0.697. The monoisotopic (exact) mass is 453 g/mol. The van der Waals surface area contributed by atoms with Gasteiger partial charge in [0.05, 0.1) is 5.92 Å². The van der Waals surface area contributed by atoms with Gasteiger partial charge in [-0.15, -0.1) is 11.3 Å². The lowest BCUT2D eigenvalue weighted by molar-refractivity contribution is -0.136. The molecule has 0 N–H and O–H groups in total. The van der Waals surface area contributed by atoms with Gasteiger partial charge in [0.1, 0.15) is 10.6 Å². The van der Waals surface area contributed by atoms with Crippen molar-refractivity contribution in [1.82, 2.24) is 19.3 Å². The van der Waals surface area contributed by atoms with E-state index in [9.17, 15) is 13.2 Å². The first-order valence-corrected chi connectivity index (χ1v) is 12.6. The number of hydrogen-bond donors (Lipinski definition) is 0. The van der Waals surface area contributed by atoms with E-state index in [1.54, 1.807) is 31.4 Å². The first-order valence-electron chi connectivity index (χ1n) is 10.2. The second kappa shape index (κ2) is 8.64. The standard InChI is InChI=1S/C19H27N5O4S2/c1-14-17(15(2)28-21-14)30(26,27)24-9-3-5-16(13-24)18(25)22-7-4-8-23(11-10-22)19-20-6-12-29-19/h6,12,16H,3-5,7-11,13H2,1-2H3. The van der Waals surface area contributed by atoms with Crippen molar-refractivity contribution in [2.24, 2.45) is 5.92 Å². The minimum atomic E-state index is -3.73. The van der Waals surface area contributed by atoms with Crippen molar-refractivity contribution in [2.75, 3.05) is 44.2 Å². The summed E-state index contributed by atoms with van der Waals surface area (Å²) >= 11 is 1.61. The van der Waals surface area contributed by atoms with Crippen LogP contribution in [0.2, 0.25) is 0 Å². The largest absolute Gasteiger partial charge is 0.360 e.